The lowest BCUT2D eigenvalue weighted by Crippen LogP contribution is -2.40. The highest BCUT2D eigenvalue weighted by atomic mass is 32.1. The molecule has 0 radical (unpaired) electrons. The quantitative estimate of drug-likeness (QED) is 0.888. The first-order valence-electron chi connectivity index (χ1n) is 7.15. The summed E-state index contributed by atoms with van der Waals surface area (Å²) >= 11 is 1.43. The van der Waals surface area contributed by atoms with Crippen LogP contribution in [0.5, 0.6) is 0 Å². The number of primary amides is 1. The van der Waals surface area contributed by atoms with Crippen LogP contribution in [0.4, 0.5) is 5.13 Å². The number of nitrogens with zero attached hydrogens (tertiary/aromatic N) is 3. The van der Waals surface area contributed by atoms with Gasteiger partial charge in [0.25, 0.3) is 0 Å². The fourth-order valence-electron chi connectivity index (χ4n) is 1.98. The molecule has 2 heterocycles. The predicted octanol–water partition coefficient (Wildman–Crippen LogP) is 2.40. The molecule has 21 heavy (non-hydrogen) atoms. The second-order valence-electron chi connectivity index (χ2n) is 6.42. The highest BCUT2D eigenvalue weighted by molar-refractivity contribution is 7.20. The second-order valence-corrected chi connectivity index (χ2v) is 7.38. The number of carbonyl (C=O) groups excluding carboxylic acids is 1. The summed E-state index contributed by atoms with van der Waals surface area (Å²) in [4.78, 5) is 17.0. The van der Waals surface area contributed by atoms with Crippen molar-refractivity contribution in [2.24, 2.45) is 11.7 Å². The number of rotatable bonds is 5. The van der Waals surface area contributed by atoms with E-state index < -0.39 is 6.04 Å². The summed E-state index contributed by atoms with van der Waals surface area (Å²) in [6, 6.07) is -0.409. The first kappa shape index (κ1) is 15.8. The fourth-order valence-corrected chi connectivity index (χ4v) is 2.80. The van der Waals surface area contributed by atoms with Crippen molar-refractivity contribution in [1.82, 2.24) is 14.6 Å². The van der Waals surface area contributed by atoms with Gasteiger partial charge in [0, 0.05) is 5.41 Å². The van der Waals surface area contributed by atoms with Crippen molar-refractivity contribution in [3.63, 3.8) is 0 Å². The van der Waals surface area contributed by atoms with E-state index in [1.165, 1.54) is 11.3 Å². The number of hydrogen-bond acceptors (Lipinski definition) is 5. The molecular formula is C14H23N5OS. The van der Waals surface area contributed by atoms with Crippen LogP contribution in [0.15, 0.2) is 6.20 Å². The zero-order valence-corrected chi connectivity index (χ0v) is 14.0. The summed E-state index contributed by atoms with van der Waals surface area (Å²) in [6.07, 6.45) is 2.80. The van der Waals surface area contributed by atoms with E-state index in [0.29, 0.717) is 5.13 Å². The number of aromatic nitrogens is 3. The standard InChI is InChI=1S/C14H23N5OS/c1-6-8(2)10(11(15)20)17-12-18-19-7-9(14(3,4)5)16-13(19)21-12/h7-8,10H,6H2,1-5H3,(H2,15,20)(H,17,18). The van der Waals surface area contributed by atoms with E-state index >= 15 is 0 Å². The molecule has 0 aliphatic carbocycles. The Morgan fingerprint density at radius 1 is 1.52 bits per heavy atom. The Morgan fingerprint density at radius 3 is 2.67 bits per heavy atom. The van der Waals surface area contributed by atoms with Crippen LogP contribution in [0.25, 0.3) is 4.96 Å². The number of nitrogens with two attached hydrogens (primary N) is 1. The van der Waals surface area contributed by atoms with Crippen molar-refractivity contribution in [2.45, 2.75) is 52.5 Å². The minimum atomic E-state index is -0.409. The van der Waals surface area contributed by atoms with Gasteiger partial charge < -0.3 is 11.1 Å². The lowest BCUT2D eigenvalue weighted by Gasteiger charge is -2.20. The zero-order chi connectivity index (χ0) is 15.8. The van der Waals surface area contributed by atoms with Crippen LogP contribution in [-0.2, 0) is 10.2 Å². The van der Waals surface area contributed by atoms with Crippen LogP contribution in [0, 0.1) is 5.92 Å². The summed E-state index contributed by atoms with van der Waals surface area (Å²) in [6.45, 7) is 10.4. The molecule has 2 atom stereocenters. The molecule has 2 aromatic heterocycles. The predicted molar refractivity (Wildman–Crippen MR) is 85.6 cm³/mol. The van der Waals surface area contributed by atoms with E-state index in [0.717, 1.165) is 17.1 Å². The van der Waals surface area contributed by atoms with Gasteiger partial charge in [0.1, 0.15) is 6.04 Å². The maximum Gasteiger partial charge on any atom is 0.240 e. The largest absolute Gasteiger partial charge is 0.368 e. The fraction of sp³-hybridized carbons (Fsp3) is 0.643. The van der Waals surface area contributed by atoms with Gasteiger partial charge in [-0.2, -0.15) is 0 Å². The number of anilines is 1. The first-order valence-corrected chi connectivity index (χ1v) is 7.96. The molecule has 3 N–H and O–H groups in total. The average Bonchev–Trinajstić information content (AvgIpc) is 2.91. The third-order valence-corrected chi connectivity index (χ3v) is 4.46. The monoisotopic (exact) mass is 309 g/mol. The molecule has 2 aromatic rings. The van der Waals surface area contributed by atoms with Crippen LogP contribution < -0.4 is 11.1 Å². The molecule has 2 unspecified atom stereocenters. The maximum atomic E-state index is 11.6. The number of carbonyl (C=O) groups is 1. The first-order chi connectivity index (χ1) is 9.72. The summed E-state index contributed by atoms with van der Waals surface area (Å²) in [5.74, 6) is -0.198. The van der Waals surface area contributed by atoms with E-state index in [9.17, 15) is 4.79 Å². The summed E-state index contributed by atoms with van der Waals surface area (Å²) in [7, 11) is 0. The van der Waals surface area contributed by atoms with Gasteiger partial charge in [-0.25, -0.2) is 9.50 Å². The molecule has 1 amide bonds. The maximum absolute atomic E-state index is 11.6. The van der Waals surface area contributed by atoms with Gasteiger partial charge in [-0.3, -0.25) is 4.79 Å². The SMILES string of the molecule is CCC(C)C(Nc1nn2cc(C(C)(C)C)nc2s1)C(N)=O. The van der Waals surface area contributed by atoms with Crippen LogP contribution in [0.1, 0.15) is 46.7 Å². The topological polar surface area (TPSA) is 85.3 Å². The molecule has 7 heteroatoms. The molecule has 0 aliphatic heterocycles. The molecule has 0 spiro atoms. The molecule has 0 fully saturated rings. The summed E-state index contributed by atoms with van der Waals surface area (Å²) in [5, 5.41) is 8.24. The third kappa shape index (κ3) is 3.34. The molecule has 0 bridgehead atoms. The van der Waals surface area contributed by atoms with Crippen molar-refractivity contribution in [1.29, 1.82) is 0 Å². The molecule has 116 valence electrons. The van der Waals surface area contributed by atoms with Crippen molar-refractivity contribution < 1.29 is 4.79 Å². The second kappa shape index (κ2) is 5.63. The van der Waals surface area contributed by atoms with Gasteiger partial charge in [-0.15, -0.1) is 5.10 Å². The van der Waals surface area contributed by atoms with E-state index in [4.69, 9.17) is 5.73 Å². The van der Waals surface area contributed by atoms with Gasteiger partial charge in [0.05, 0.1) is 11.9 Å². The summed E-state index contributed by atoms with van der Waals surface area (Å²) in [5.41, 5.74) is 6.46. The van der Waals surface area contributed by atoms with Crippen molar-refractivity contribution in [2.75, 3.05) is 5.32 Å². The summed E-state index contributed by atoms with van der Waals surface area (Å²) < 4.78 is 1.75. The Bertz CT molecular complexity index is 608. The van der Waals surface area contributed by atoms with Gasteiger partial charge in [0.2, 0.25) is 16.0 Å². The van der Waals surface area contributed by atoms with Gasteiger partial charge in [0.15, 0.2) is 0 Å². The minimum Gasteiger partial charge on any atom is -0.368 e. The van der Waals surface area contributed by atoms with Crippen molar-refractivity contribution in [3.05, 3.63) is 11.9 Å². The number of nitrogens with one attached hydrogen (secondary N) is 1. The molecule has 6 nitrogen and oxygen atoms in total. The number of amides is 1. The van der Waals surface area contributed by atoms with Crippen LogP contribution >= 0.6 is 11.3 Å². The third-order valence-electron chi connectivity index (χ3n) is 3.61. The highest BCUT2D eigenvalue weighted by Gasteiger charge is 2.24. The molecule has 0 saturated carbocycles. The Labute approximate surface area is 128 Å². The van der Waals surface area contributed by atoms with Crippen LogP contribution in [0.3, 0.4) is 0 Å². The highest BCUT2D eigenvalue weighted by Crippen LogP contribution is 2.26. The van der Waals surface area contributed by atoms with Gasteiger partial charge in [-0.05, 0) is 5.92 Å². The Balaban J connectivity index is 2.23. The van der Waals surface area contributed by atoms with E-state index in [-0.39, 0.29) is 17.2 Å². The Hall–Kier alpha value is -1.63. The van der Waals surface area contributed by atoms with Crippen molar-refractivity contribution in [3.8, 4) is 0 Å². The van der Waals surface area contributed by atoms with E-state index in [2.05, 4.69) is 36.2 Å². The van der Waals surface area contributed by atoms with Gasteiger partial charge in [-0.1, -0.05) is 52.4 Å². The lowest BCUT2D eigenvalue weighted by molar-refractivity contribution is -0.119. The van der Waals surface area contributed by atoms with E-state index in [1.807, 2.05) is 20.0 Å². The van der Waals surface area contributed by atoms with Gasteiger partial charge >= 0.3 is 0 Å². The average molecular weight is 309 g/mol. The van der Waals surface area contributed by atoms with Crippen molar-refractivity contribution >= 4 is 27.3 Å². The number of hydrogen-bond donors (Lipinski definition) is 2. The van der Waals surface area contributed by atoms with Crippen LogP contribution in [-0.4, -0.2) is 26.5 Å². The number of imidazole rings is 1. The molecular weight excluding hydrogens is 286 g/mol. The zero-order valence-electron chi connectivity index (χ0n) is 13.2. The lowest BCUT2D eigenvalue weighted by atomic mass is 9.93. The normalized spacial score (nSPS) is 15.1. The smallest absolute Gasteiger partial charge is 0.240 e. The number of fused-ring (bicyclic) bond motifs is 1. The van der Waals surface area contributed by atoms with Crippen LogP contribution in [0.2, 0.25) is 0 Å². The molecule has 0 aliphatic rings. The molecule has 0 saturated heterocycles. The Kier molecular flexibility index (Phi) is 4.22. The van der Waals surface area contributed by atoms with E-state index in [1.54, 1.807) is 4.52 Å². The molecule has 0 aromatic carbocycles. The molecule has 2 rings (SSSR count). The minimum absolute atomic E-state index is 0.00645. The Morgan fingerprint density at radius 2 is 2.19 bits per heavy atom.